The van der Waals surface area contributed by atoms with Crippen LogP contribution in [0.5, 0.6) is 0 Å². The molecule has 1 saturated heterocycles. The van der Waals surface area contributed by atoms with Crippen LogP contribution in [0.4, 0.5) is 11.4 Å². The number of nitrogens with one attached hydrogen (secondary N) is 1. The van der Waals surface area contributed by atoms with E-state index < -0.39 is 33.1 Å². The number of esters is 1. The molecule has 196 valence electrons. The lowest BCUT2D eigenvalue weighted by Gasteiger charge is -2.37. The van der Waals surface area contributed by atoms with Crippen molar-refractivity contribution in [3.63, 3.8) is 0 Å². The Labute approximate surface area is 212 Å². The zero-order valence-corrected chi connectivity index (χ0v) is 20.8. The van der Waals surface area contributed by atoms with Gasteiger partial charge in [-0.3, -0.25) is 37.5 Å². The van der Waals surface area contributed by atoms with E-state index in [4.69, 9.17) is 4.74 Å². The predicted octanol–water partition coefficient (Wildman–Crippen LogP) is 2.43. The molecule has 0 spiro atoms. The van der Waals surface area contributed by atoms with E-state index in [0.29, 0.717) is 30.0 Å². The van der Waals surface area contributed by atoms with Gasteiger partial charge in [0.2, 0.25) is 0 Å². The number of anilines is 1. The van der Waals surface area contributed by atoms with E-state index in [1.54, 1.807) is 25.1 Å². The summed E-state index contributed by atoms with van der Waals surface area (Å²) in [5.41, 5.74) is -0.766. The molecule has 0 saturated carbocycles. The smallest absolute Gasteiger partial charge is 0.345 e. The minimum absolute atomic E-state index is 0.00631. The highest BCUT2D eigenvalue weighted by Gasteiger charge is 2.29. The molecule has 13 nitrogen and oxygen atoms in total. The molecule has 0 unspecified atom stereocenters. The Hall–Kier alpha value is -3.98. The molecule has 0 amide bonds. The van der Waals surface area contributed by atoms with Crippen LogP contribution in [0.3, 0.4) is 0 Å². The lowest BCUT2D eigenvalue weighted by atomic mass is 10.1. The minimum Gasteiger partial charge on any atom is -0.462 e. The normalized spacial score (nSPS) is 15.4. The van der Waals surface area contributed by atoms with Crippen LogP contribution in [0, 0.1) is 17.0 Å². The molecular weight excluding hydrogens is 506 g/mol. The van der Waals surface area contributed by atoms with E-state index in [1.165, 1.54) is 35.5 Å². The zero-order valence-electron chi connectivity index (χ0n) is 20.0. The maximum absolute atomic E-state index is 13.4. The van der Waals surface area contributed by atoms with Crippen LogP contribution in [0.15, 0.2) is 58.3 Å². The highest BCUT2D eigenvalue weighted by atomic mass is 32.3. The van der Waals surface area contributed by atoms with Crippen molar-refractivity contribution in [1.29, 1.82) is 0 Å². The number of hydrogen-bond donors (Lipinski definition) is 3. The van der Waals surface area contributed by atoms with Crippen LogP contribution in [-0.2, 0) is 11.3 Å². The van der Waals surface area contributed by atoms with Gasteiger partial charge in [-0.15, -0.1) is 0 Å². The second kappa shape index (κ2) is 10.2. The summed E-state index contributed by atoms with van der Waals surface area (Å²) in [7, 11) is -3.15. The molecule has 2 aromatic carbocycles. The number of nitro benzene ring substituents is 1. The topological polar surface area (TPSA) is 169 Å². The molecule has 1 aromatic heterocycles. The average molecular weight is 532 g/mol. The number of benzene rings is 2. The van der Waals surface area contributed by atoms with Gasteiger partial charge < -0.3 is 4.74 Å². The number of ether oxygens (including phenoxy) is 1. The van der Waals surface area contributed by atoms with E-state index in [0.717, 1.165) is 15.3 Å². The largest absolute Gasteiger partial charge is 0.462 e. The number of hydrogen-bond acceptors (Lipinski definition) is 10. The first kappa shape index (κ1) is 26.1. The number of aromatic nitrogens is 2. The van der Waals surface area contributed by atoms with Crippen LogP contribution in [0.25, 0.3) is 5.69 Å². The predicted molar refractivity (Wildman–Crippen MR) is 137 cm³/mol. The van der Waals surface area contributed by atoms with Gasteiger partial charge in [-0.05, 0) is 43.7 Å². The molecule has 1 aliphatic heterocycles. The van der Waals surface area contributed by atoms with Gasteiger partial charge in [0.15, 0.2) is 0 Å². The molecule has 0 aliphatic carbocycles. The zero-order chi connectivity index (χ0) is 26.9. The summed E-state index contributed by atoms with van der Waals surface area (Å²) in [6.45, 7) is 3.54. The van der Waals surface area contributed by atoms with Crippen molar-refractivity contribution in [3.8, 4) is 5.69 Å². The lowest BCUT2D eigenvalue weighted by molar-refractivity contribution is -0.385. The van der Waals surface area contributed by atoms with Gasteiger partial charge in [-0.2, -0.15) is 4.72 Å². The summed E-state index contributed by atoms with van der Waals surface area (Å²) in [6, 6.07) is 10.6. The number of nitrogens with zero attached hydrogens (tertiary/aromatic N) is 4. The fourth-order valence-electron chi connectivity index (χ4n) is 4.03. The van der Waals surface area contributed by atoms with Gasteiger partial charge in [0.05, 0.1) is 36.0 Å². The summed E-state index contributed by atoms with van der Waals surface area (Å²) in [5, 5.41) is 11.4. The van der Waals surface area contributed by atoms with Crippen LogP contribution in [-0.4, -0.2) is 48.8 Å². The van der Waals surface area contributed by atoms with Crippen molar-refractivity contribution in [1.82, 2.24) is 13.9 Å². The Balaban J connectivity index is 1.83. The van der Waals surface area contributed by atoms with Gasteiger partial charge in [0.1, 0.15) is 5.56 Å². The summed E-state index contributed by atoms with van der Waals surface area (Å²) < 4.78 is 31.2. The fourth-order valence-corrected chi connectivity index (χ4v) is 5.31. The van der Waals surface area contributed by atoms with Gasteiger partial charge in [-0.25, -0.2) is 9.59 Å². The summed E-state index contributed by atoms with van der Waals surface area (Å²) in [6.07, 6.45) is 1.10. The third-order valence-electron chi connectivity index (χ3n) is 5.94. The summed E-state index contributed by atoms with van der Waals surface area (Å²) in [5.74, 6) is -0.917. The monoisotopic (exact) mass is 531 g/mol. The maximum Gasteiger partial charge on any atom is 0.345 e. The van der Waals surface area contributed by atoms with Crippen LogP contribution in [0.1, 0.15) is 28.4 Å². The van der Waals surface area contributed by atoms with Crippen molar-refractivity contribution in [2.75, 3.05) is 24.0 Å². The second-order valence-corrected chi connectivity index (χ2v) is 9.92. The highest BCUT2D eigenvalue weighted by molar-refractivity contribution is 8.24. The molecule has 3 aromatic rings. The van der Waals surface area contributed by atoms with Gasteiger partial charge in [0.25, 0.3) is 11.2 Å². The lowest BCUT2D eigenvalue weighted by Crippen LogP contribution is -2.42. The Morgan fingerprint density at radius 2 is 1.84 bits per heavy atom. The SMILES string of the molecule is CCOC(=O)c1cn(-c2ccc(N3CCNS3(O)O)cc2)c(=O)n(Cc2cccc([N+](=O)[O-])c2C)c1=O. The van der Waals surface area contributed by atoms with Crippen molar-refractivity contribution in [2.45, 2.75) is 20.4 Å². The Morgan fingerprint density at radius 1 is 1.16 bits per heavy atom. The number of carbonyl (C=O) groups is 1. The van der Waals surface area contributed by atoms with E-state index >= 15 is 0 Å². The first-order chi connectivity index (χ1) is 17.5. The highest BCUT2D eigenvalue weighted by Crippen LogP contribution is 2.45. The first-order valence-electron chi connectivity index (χ1n) is 11.2. The molecule has 0 bridgehead atoms. The van der Waals surface area contributed by atoms with Crippen LogP contribution < -0.4 is 20.3 Å². The molecule has 14 heteroatoms. The third kappa shape index (κ3) is 4.99. The van der Waals surface area contributed by atoms with Gasteiger partial charge >= 0.3 is 11.7 Å². The average Bonchev–Trinajstić information content (AvgIpc) is 3.21. The molecule has 4 rings (SSSR count). The Morgan fingerprint density at radius 3 is 2.43 bits per heavy atom. The quantitative estimate of drug-likeness (QED) is 0.234. The van der Waals surface area contributed by atoms with Crippen molar-refractivity contribution in [3.05, 3.63) is 96.3 Å². The number of rotatable bonds is 7. The van der Waals surface area contributed by atoms with Gasteiger partial charge in [-0.1, -0.05) is 23.1 Å². The number of nitro groups is 1. The number of carbonyl (C=O) groups excluding carboxylic acids is 1. The molecular formula is C23H25N5O8S. The van der Waals surface area contributed by atoms with E-state index in [1.807, 2.05) is 0 Å². The van der Waals surface area contributed by atoms with Crippen molar-refractivity contribution in [2.24, 2.45) is 0 Å². The molecule has 1 aliphatic rings. The molecule has 0 radical (unpaired) electrons. The van der Waals surface area contributed by atoms with Crippen molar-refractivity contribution < 1.29 is 23.6 Å². The third-order valence-corrected chi connectivity index (χ3v) is 7.54. The second-order valence-electron chi connectivity index (χ2n) is 8.16. The van der Waals surface area contributed by atoms with Crippen LogP contribution in [0.2, 0.25) is 0 Å². The van der Waals surface area contributed by atoms with E-state index in [9.17, 15) is 33.6 Å². The Bertz CT molecular complexity index is 1480. The summed E-state index contributed by atoms with van der Waals surface area (Å²) >= 11 is 0. The molecule has 3 N–H and O–H groups in total. The molecule has 0 atom stereocenters. The molecule has 37 heavy (non-hydrogen) atoms. The minimum atomic E-state index is -3.15. The maximum atomic E-state index is 13.4. The standard InChI is InChI=1S/C23H25N5O8S/c1-3-36-22(30)19-14-25(17-7-9-18(10-8-17)27-12-11-24-37(27,34)35)23(31)26(21(19)29)13-16-5-4-6-20(15(16)2)28(32)33/h4-10,14,24,34-35H,3,11-13H2,1-2H3. The fraction of sp³-hybridized carbons (Fsp3) is 0.261. The van der Waals surface area contributed by atoms with E-state index in [-0.39, 0.29) is 30.0 Å². The van der Waals surface area contributed by atoms with Crippen molar-refractivity contribution >= 4 is 28.3 Å². The van der Waals surface area contributed by atoms with E-state index in [2.05, 4.69) is 4.72 Å². The summed E-state index contributed by atoms with van der Waals surface area (Å²) in [4.78, 5) is 50.0. The first-order valence-corrected chi connectivity index (χ1v) is 12.7. The molecule has 1 fully saturated rings. The van der Waals surface area contributed by atoms with Crippen LogP contribution >= 0.6 is 11.0 Å². The Kier molecular flexibility index (Phi) is 7.18. The van der Waals surface area contributed by atoms with Gasteiger partial charge in [0, 0.05) is 24.4 Å². The molecule has 2 heterocycles.